The third-order valence-electron chi connectivity index (χ3n) is 2.46. The topological polar surface area (TPSA) is 56.1 Å². The van der Waals surface area contributed by atoms with Crippen molar-refractivity contribution in [3.8, 4) is 0 Å². The minimum Gasteiger partial charge on any atom is -0.294 e. The van der Waals surface area contributed by atoms with Crippen molar-refractivity contribution in [3.63, 3.8) is 0 Å². The van der Waals surface area contributed by atoms with Gasteiger partial charge in [0, 0.05) is 18.0 Å². The van der Waals surface area contributed by atoms with E-state index in [4.69, 9.17) is 0 Å². The number of aromatic nitrogens is 1. The zero-order valence-electron chi connectivity index (χ0n) is 9.50. The molecule has 4 nitrogen and oxygen atoms in total. The number of rotatable bonds is 3. The fourth-order valence-corrected chi connectivity index (χ4v) is 2.66. The molecule has 0 atom stereocenters. The SMILES string of the molecule is CC(=O)c1ccn(S(=O)(=O)c2ccc(F)cc2)c1. The first-order valence-electron chi connectivity index (χ1n) is 5.11. The summed E-state index contributed by atoms with van der Waals surface area (Å²) < 4.78 is 37.9. The molecule has 0 radical (unpaired) electrons. The minimum atomic E-state index is -3.77. The van der Waals surface area contributed by atoms with Crippen molar-refractivity contribution < 1.29 is 17.6 Å². The summed E-state index contributed by atoms with van der Waals surface area (Å²) in [4.78, 5) is 11.1. The van der Waals surface area contributed by atoms with E-state index in [0.717, 1.165) is 16.1 Å². The Morgan fingerprint density at radius 1 is 1.17 bits per heavy atom. The average molecular weight is 267 g/mol. The fraction of sp³-hybridized carbons (Fsp3) is 0.0833. The van der Waals surface area contributed by atoms with E-state index in [9.17, 15) is 17.6 Å². The number of carbonyl (C=O) groups excluding carboxylic acids is 1. The third kappa shape index (κ3) is 2.19. The van der Waals surface area contributed by atoms with Gasteiger partial charge in [-0.25, -0.2) is 16.8 Å². The lowest BCUT2D eigenvalue weighted by molar-refractivity contribution is 0.101. The summed E-state index contributed by atoms with van der Waals surface area (Å²) in [6.07, 6.45) is 2.52. The van der Waals surface area contributed by atoms with Crippen LogP contribution in [-0.2, 0) is 10.0 Å². The van der Waals surface area contributed by atoms with Crippen LogP contribution in [0.3, 0.4) is 0 Å². The first-order valence-corrected chi connectivity index (χ1v) is 6.55. The lowest BCUT2D eigenvalue weighted by Crippen LogP contribution is -2.11. The van der Waals surface area contributed by atoms with Gasteiger partial charge in [0.25, 0.3) is 10.0 Å². The van der Waals surface area contributed by atoms with Crippen molar-refractivity contribution in [3.05, 3.63) is 54.1 Å². The Hall–Kier alpha value is -1.95. The monoisotopic (exact) mass is 267 g/mol. The Balaban J connectivity index is 2.47. The second-order valence-electron chi connectivity index (χ2n) is 3.75. The molecule has 0 N–H and O–H groups in total. The van der Waals surface area contributed by atoms with Crippen molar-refractivity contribution in [2.24, 2.45) is 0 Å². The maximum absolute atomic E-state index is 12.7. The van der Waals surface area contributed by atoms with Crippen LogP contribution in [0.15, 0.2) is 47.6 Å². The van der Waals surface area contributed by atoms with Crippen LogP contribution in [-0.4, -0.2) is 18.2 Å². The van der Waals surface area contributed by atoms with E-state index in [1.165, 1.54) is 37.5 Å². The van der Waals surface area contributed by atoms with Crippen molar-refractivity contribution in [1.82, 2.24) is 3.97 Å². The smallest absolute Gasteiger partial charge is 0.267 e. The van der Waals surface area contributed by atoms with Gasteiger partial charge < -0.3 is 0 Å². The predicted octanol–water partition coefficient (Wildman–Crippen LogP) is 2.07. The van der Waals surface area contributed by atoms with Crippen LogP contribution in [0, 0.1) is 5.82 Å². The molecular formula is C12H10FNO3S. The van der Waals surface area contributed by atoms with Gasteiger partial charge in [0.1, 0.15) is 5.82 Å². The third-order valence-corrected chi connectivity index (χ3v) is 4.11. The first kappa shape index (κ1) is 12.5. The fourth-order valence-electron chi connectivity index (χ4n) is 1.46. The molecule has 0 aliphatic heterocycles. The standard InChI is InChI=1S/C12H10FNO3S/c1-9(15)10-6-7-14(8-10)18(16,17)12-4-2-11(13)3-5-12/h2-8H,1H3. The quantitative estimate of drug-likeness (QED) is 0.800. The van der Waals surface area contributed by atoms with Gasteiger partial charge >= 0.3 is 0 Å². The predicted molar refractivity (Wildman–Crippen MR) is 63.4 cm³/mol. The number of hydrogen-bond acceptors (Lipinski definition) is 3. The van der Waals surface area contributed by atoms with Crippen LogP contribution in [0.1, 0.15) is 17.3 Å². The highest BCUT2D eigenvalue weighted by atomic mass is 32.2. The number of carbonyl (C=O) groups is 1. The van der Waals surface area contributed by atoms with Crippen molar-refractivity contribution in [2.75, 3.05) is 0 Å². The molecule has 0 amide bonds. The Bertz CT molecular complexity index is 686. The Morgan fingerprint density at radius 2 is 1.78 bits per heavy atom. The van der Waals surface area contributed by atoms with E-state index in [0.29, 0.717) is 5.56 Å². The highest BCUT2D eigenvalue weighted by Crippen LogP contribution is 2.15. The van der Waals surface area contributed by atoms with Crippen molar-refractivity contribution in [2.45, 2.75) is 11.8 Å². The van der Waals surface area contributed by atoms with Crippen LogP contribution in [0.2, 0.25) is 0 Å². The molecular weight excluding hydrogens is 257 g/mol. The molecule has 94 valence electrons. The maximum atomic E-state index is 12.7. The van der Waals surface area contributed by atoms with Crippen molar-refractivity contribution in [1.29, 1.82) is 0 Å². The number of Topliss-reactive ketones (excluding diaryl/α,β-unsaturated/α-hetero) is 1. The number of halogens is 1. The number of nitrogens with zero attached hydrogens (tertiary/aromatic N) is 1. The molecule has 0 fully saturated rings. The Labute approximate surface area is 104 Å². The van der Waals surface area contributed by atoms with Crippen LogP contribution in [0.5, 0.6) is 0 Å². The highest BCUT2D eigenvalue weighted by molar-refractivity contribution is 7.90. The van der Waals surface area contributed by atoms with Gasteiger partial charge in [0.05, 0.1) is 4.90 Å². The number of hydrogen-bond donors (Lipinski definition) is 0. The van der Waals surface area contributed by atoms with Crippen LogP contribution >= 0.6 is 0 Å². The molecule has 0 saturated heterocycles. The lowest BCUT2D eigenvalue weighted by Gasteiger charge is -2.05. The molecule has 0 spiro atoms. The first-order chi connectivity index (χ1) is 8.41. The van der Waals surface area contributed by atoms with E-state index in [2.05, 4.69) is 0 Å². The molecule has 0 unspecified atom stereocenters. The Morgan fingerprint density at radius 3 is 2.28 bits per heavy atom. The van der Waals surface area contributed by atoms with Crippen LogP contribution in [0.4, 0.5) is 4.39 Å². The van der Waals surface area contributed by atoms with E-state index < -0.39 is 15.8 Å². The summed E-state index contributed by atoms with van der Waals surface area (Å²) in [6.45, 7) is 1.35. The Kier molecular flexibility index (Phi) is 3.04. The van der Waals surface area contributed by atoms with Gasteiger partial charge in [0.2, 0.25) is 0 Å². The average Bonchev–Trinajstić information content (AvgIpc) is 2.79. The van der Waals surface area contributed by atoms with Gasteiger partial charge in [-0.05, 0) is 37.3 Å². The zero-order chi connectivity index (χ0) is 13.3. The lowest BCUT2D eigenvalue weighted by atomic mass is 10.2. The summed E-state index contributed by atoms with van der Waals surface area (Å²) >= 11 is 0. The number of ketones is 1. The molecule has 0 bridgehead atoms. The van der Waals surface area contributed by atoms with Gasteiger partial charge in [0.15, 0.2) is 5.78 Å². The summed E-state index contributed by atoms with van der Waals surface area (Å²) in [7, 11) is -3.77. The molecule has 0 aliphatic rings. The molecule has 0 aliphatic carbocycles. The van der Waals surface area contributed by atoms with Crippen LogP contribution in [0.25, 0.3) is 0 Å². The molecule has 0 saturated carbocycles. The molecule has 1 heterocycles. The molecule has 1 aromatic heterocycles. The second-order valence-corrected chi connectivity index (χ2v) is 5.59. The van der Waals surface area contributed by atoms with Gasteiger partial charge in [-0.15, -0.1) is 0 Å². The van der Waals surface area contributed by atoms with E-state index in [-0.39, 0.29) is 10.7 Å². The summed E-state index contributed by atoms with van der Waals surface area (Å²) in [5.41, 5.74) is 0.306. The molecule has 18 heavy (non-hydrogen) atoms. The molecule has 6 heteroatoms. The second kappa shape index (κ2) is 4.38. The molecule has 2 rings (SSSR count). The molecule has 1 aromatic carbocycles. The van der Waals surface area contributed by atoms with E-state index in [1.807, 2.05) is 0 Å². The van der Waals surface area contributed by atoms with Gasteiger partial charge in [-0.3, -0.25) is 4.79 Å². The largest absolute Gasteiger partial charge is 0.294 e. The van der Waals surface area contributed by atoms with E-state index >= 15 is 0 Å². The van der Waals surface area contributed by atoms with Crippen molar-refractivity contribution >= 4 is 15.8 Å². The maximum Gasteiger partial charge on any atom is 0.267 e. The van der Waals surface area contributed by atoms with E-state index in [1.54, 1.807) is 0 Å². The minimum absolute atomic E-state index is 0.0328. The van der Waals surface area contributed by atoms with Gasteiger partial charge in [-0.1, -0.05) is 0 Å². The normalized spacial score (nSPS) is 11.4. The summed E-state index contributed by atoms with van der Waals surface area (Å²) in [5.74, 6) is -0.728. The highest BCUT2D eigenvalue weighted by Gasteiger charge is 2.17. The zero-order valence-corrected chi connectivity index (χ0v) is 10.3. The van der Waals surface area contributed by atoms with Crippen LogP contribution < -0.4 is 0 Å². The summed E-state index contributed by atoms with van der Waals surface area (Å²) in [6, 6.07) is 5.92. The van der Waals surface area contributed by atoms with Gasteiger partial charge in [-0.2, -0.15) is 0 Å². The molecule has 2 aromatic rings. The number of benzene rings is 1. The summed E-state index contributed by atoms with van der Waals surface area (Å²) in [5, 5.41) is 0.